The number of alkyl halides is 1. The van der Waals surface area contributed by atoms with Gasteiger partial charge in [0.25, 0.3) is 0 Å². The predicted molar refractivity (Wildman–Crippen MR) is 101 cm³/mol. The van der Waals surface area contributed by atoms with Crippen molar-refractivity contribution < 1.29 is 13.9 Å². The first kappa shape index (κ1) is 20.3. The van der Waals surface area contributed by atoms with Crippen LogP contribution < -0.4 is 0 Å². The molecular weight excluding hydrogens is 414 g/mol. The molecule has 1 heterocycles. The Balaban J connectivity index is 2.44. The fraction of sp³-hybridized carbons (Fsp3) is 0.824. The Hall–Kier alpha value is 0.220. The molecule has 1 rings (SSSR count). The first-order valence-corrected chi connectivity index (χ1v) is 10.3. The lowest BCUT2D eigenvalue weighted by Gasteiger charge is -2.29. The zero-order valence-electron chi connectivity index (χ0n) is 13.7. The molecule has 0 N–H and O–H groups in total. The fourth-order valence-electron chi connectivity index (χ4n) is 2.88. The van der Waals surface area contributed by atoms with Crippen LogP contribution in [0, 0.1) is 5.41 Å². The van der Waals surface area contributed by atoms with E-state index < -0.39 is 5.50 Å². The van der Waals surface area contributed by atoms with Gasteiger partial charge in [0.1, 0.15) is 0 Å². The third-order valence-electron chi connectivity index (χ3n) is 4.14. The van der Waals surface area contributed by atoms with Crippen molar-refractivity contribution in [1.82, 2.24) is 0 Å². The summed E-state index contributed by atoms with van der Waals surface area (Å²) >= 11 is 3.59. The average Bonchev–Trinajstić information content (AvgIpc) is 2.75. The zero-order chi connectivity index (χ0) is 16.4. The molecule has 0 bridgehead atoms. The van der Waals surface area contributed by atoms with Crippen LogP contribution in [0.5, 0.6) is 0 Å². The molecule has 0 amide bonds. The van der Waals surface area contributed by atoms with Crippen LogP contribution in [0.2, 0.25) is 0 Å². The summed E-state index contributed by atoms with van der Waals surface area (Å²) in [6, 6.07) is 0. The number of unbranched alkanes of at least 4 members (excludes halogenated alkanes) is 4. The van der Waals surface area contributed by atoms with E-state index in [0.717, 1.165) is 35.0 Å². The number of carbonyl (C=O) groups excluding carboxylic acids is 1. The van der Waals surface area contributed by atoms with Gasteiger partial charge in [-0.25, -0.2) is 4.39 Å². The summed E-state index contributed by atoms with van der Waals surface area (Å²) in [6.07, 6.45) is 10.7. The molecule has 0 aromatic rings. The van der Waals surface area contributed by atoms with Crippen molar-refractivity contribution >= 4 is 40.3 Å². The van der Waals surface area contributed by atoms with Gasteiger partial charge in [-0.05, 0) is 48.8 Å². The molecule has 5 heteroatoms. The summed E-state index contributed by atoms with van der Waals surface area (Å²) in [6.45, 7) is 4.45. The number of rotatable bonds is 11. The van der Waals surface area contributed by atoms with E-state index in [9.17, 15) is 9.18 Å². The molecule has 0 aromatic heterocycles. The summed E-state index contributed by atoms with van der Waals surface area (Å²) in [4.78, 5) is 11.4. The Morgan fingerprint density at radius 1 is 1.27 bits per heavy atom. The van der Waals surface area contributed by atoms with Crippen molar-refractivity contribution in [3.8, 4) is 0 Å². The highest BCUT2D eigenvalue weighted by atomic mass is 127. The third kappa shape index (κ3) is 6.77. The van der Waals surface area contributed by atoms with Gasteiger partial charge in [0.2, 0.25) is 0 Å². The average molecular weight is 442 g/mol. The molecule has 1 aliphatic heterocycles. The number of halogens is 2. The molecule has 0 saturated heterocycles. The van der Waals surface area contributed by atoms with Crippen LogP contribution in [0.3, 0.4) is 0 Å². The van der Waals surface area contributed by atoms with Crippen LogP contribution in [-0.2, 0) is 9.53 Å². The maximum atomic E-state index is 14.5. The van der Waals surface area contributed by atoms with E-state index >= 15 is 0 Å². The van der Waals surface area contributed by atoms with Crippen molar-refractivity contribution in [3.63, 3.8) is 0 Å². The second-order valence-electron chi connectivity index (χ2n) is 5.94. The van der Waals surface area contributed by atoms with E-state index in [0.29, 0.717) is 13.0 Å². The molecule has 0 spiro atoms. The summed E-state index contributed by atoms with van der Waals surface area (Å²) < 4.78 is 20.5. The fourth-order valence-corrected chi connectivity index (χ4v) is 5.20. The highest BCUT2D eigenvalue weighted by Gasteiger charge is 2.42. The molecule has 0 aliphatic carbocycles. The van der Waals surface area contributed by atoms with Gasteiger partial charge in [-0.1, -0.05) is 56.9 Å². The number of allylic oxidation sites excluding steroid dienone is 1. The molecule has 0 aromatic carbocycles. The van der Waals surface area contributed by atoms with E-state index in [4.69, 9.17) is 4.74 Å². The molecule has 1 aliphatic rings. The molecular formula is C17H28FIO2S. The molecule has 2 nitrogen and oxygen atoms in total. The Kier molecular flexibility index (Phi) is 10.0. The molecule has 2 unspecified atom stereocenters. The molecule has 0 radical (unpaired) electrons. The number of hydrogen-bond acceptors (Lipinski definition) is 3. The van der Waals surface area contributed by atoms with Gasteiger partial charge < -0.3 is 4.74 Å². The lowest BCUT2D eigenvalue weighted by molar-refractivity contribution is -0.143. The molecule has 2 atom stereocenters. The zero-order valence-corrected chi connectivity index (χ0v) is 16.7. The second-order valence-corrected chi connectivity index (χ2v) is 8.92. The lowest BCUT2D eigenvalue weighted by Crippen LogP contribution is -2.25. The molecule has 0 fully saturated rings. The largest absolute Gasteiger partial charge is 0.466 e. The maximum Gasteiger partial charge on any atom is 0.305 e. The quantitative estimate of drug-likeness (QED) is 0.211. The van der Waals surface area contributed by atoms with Crippen molar-refractivity contribution in [1.29, 1.82) is 0 Å². The Morgan fingerprint density at radius 3 is 2.50 bits per heavy atom. The standard InChI is InChI=1S/C17H28FIO2S/c1-3-5-6-8-11-17(13-14(19)22-16(17)18)12-9-7-10-15(20)21-4-2/h13,16H,3-12H2,1-2H3. The van der Waals surface area contributed by atoms with Crippen LogP contribution in [-0.4, -0.2) is 18.1 Å². The van der Waals surface area contributed by atoms with E-state index in [1.165, 1.54) is 31.0 Å². The minimum Gasteiger partial charge on any atom is -0.466 e. The number of esters is 1. The van der Waals surface area contributed by atoms with Gasteiger partial charge in [0.05, 0.1) is 6.61 Å². The first-order valence-electron chi connectivity index (χ1n) is 8.38. The minimum absolute atomic E-state index is 0.137. The predicted octanol–water partition coefficient (Wildman–Crippen LogP) is 6.39. The highest BCUT2D eigenvalue weighted by Crippen LogP contribution is 2.53. The summed E-state index contributed by atoms with van der Waals surface area (Å²) in [5.41, 5.74) is -1.15. The lowest BCUT2D eigenvalue weighted by atomic mass is 9.79. The van der Waals surface area contributed by atoms with E-state index in [1.54, 1.807) is 0 Å². The van der Waals surface area contributed by atoms with Crippen molar-refractivity contribution in [3.05, 3.63) is 8.99 Å². The van der Waals surface area contributed by atoms with E-state index in [2.05, 4.69) is 35.6 Å². The van der Waals surface area contributed by atoms with Gasteiger partial charge >= 0.3 is 5.97 Å². The van der Waals surface area contributed by atoms with Gasteiger partial charge in [-0.2, -0.15) is 0 Å². The summed E-state index contributed by atoms with van der Waals surface area (Å²) in [7, 11) is 0. The number of thioether (sulfide) groups is 1. The number of hydrogen-bond donors (Lipinski definition) is 0. The normalized spacial score (nSPS) is 24.4. The van der Waals surface area contributed by atoms with Crippen molar-refractivity contribution in [2.24, 2.45) is 5.41 Å². The Labute approximate surface area is 152 Å². The van der Waals surface area contributed by atoms with Crippen molar-refractivity contribution in [2.45, 2.75) is 77.1 Å². The summed E-state index contributed by atoms with van der Waals surface area (Å²) in [5, 5.41) is 0. The van der Waals surface area contributed by atoms with Crippen LogP contribution in [0.1, 0.15) is 71.6 Å². The first-order chi connectivity index (χ1) is 10.5. The van der Waals surface area contributed by atoms with Crippen molar-refractivity contribution in [2.75, 3.05) is 6.61 Å². The topological polar surface area (TPSA) is 26.3 Å². The summed E-state index contributed by atoms with van der Waals surface area (Å²) in [5.74, 6) is -0.137. The molecule has 128 valence electrons. The second kappa shape index (κ2) is 10.9. The van der Waals surface area contributed by atoms with Crippen LogP contribution in [0.4, 0.5) is 4.39 Å². The Morgan fingerprint density at radius 2 is 1.95 bits per heavy atom. The van der Waals surface area contributed by atoms with E-state index in [1.807, 2.05) is 6.92 Å². The number of ether oxygens (including phenoxy) is 1. The van der Waals surface area contributed by atoms with Crippen LogP contribution >= 0.6 is 34.4 Å². The minimum atomic E-state index is -0.830. The van der Waals surface area contributed by atoms with Gasteiger partial charge in [-0.15, -0.1) is 0 Å². The van der Waals surface area contributed by atoms with Gasteiger partial charge in [0, 0.05) is 14.7 Å². The smallest absolute Gasteiger partial charge is 0.305 e. The third-order valence-corrected chi connectivity index (χ3v) is 6.24. The van der Waals surface area contributed by atoms with Crippen LogP contribution in [0.25, 0.3) is 0 Å². The van der Waals surface area contributed by atoms with E-state index in [-0.39, 0.29) is 11.4 Å². The highest BCUT2D eigenvalue weighted by molar-refractivity contribution is 14.1. The van der Waals surface area contributed by atoms with Gasteiger partial charge in [0.15, 0.2) is 5.50 Å². The SMILES string of the molecule is CCCCCCC1(CCCCC(=O)OCC)C=C(I)SC1F. The number of carbonyl (C=O) groups is 1. The monoisotopic (exact) mass is 442 g/mol. The molecule has 22 heavy (non-hydrogen) atoms. The van der Waals surface area contributed by atoms with Gasteiger partial charge in [-0.3, -0.25) is 4.79 Å². The molecule has 0 saturated carbocycles. The maximum absolute atomic E-state index is 14.5. The van der Waals surface area contributed by atoms with Crippen LogP contribution in [0.15, 0.2) is 8.99 Å². The Bertz CT molecular complexity index is 376.